The molecule has 1 aromatic carbocycles. The highest BCUT2D eigenvalue weighted by Gasteiger charge is 2.17. The van der Waals surface area contributed by atoms with Gasteiger partial charge in [-0.15, -0.1) is 0 Å². The molecule has 0 bridgehead atoms. The van der Waals surface area contributed by atoms with Crippen molar-refractivity contribution in [1.82, 2.24) is 4.98 Å². The molecule has 0 aliphatic rings. The minimum atomic E-state index is -3.45. The smallest absolute Gasteiger partial charge is 0.232 e. The van der Waals surface area contributed by atoms with Crippen molar-refractivity contribution in [2.45, 2.75) is 6.54 Å². The number of halogens is 1. The maximum absolute atomic E-state index is 12.9. The van der Waals surface area contributed by atoms with Gasteiger partial charge in [0, 0.05) is 12.4 Å². The van der Waals surface area contributed by atoms with E-state index in [1.807, 2.05) is 0 Å². The van der Waals surface area contributed by atoms with Crippen LogP contribution in [0.2, 0.25) is 0 Å². The van der Waals surface area contributed by atoms with Gasteiger partial charge >= 0.3 is 0 Å². The lowest BCUT2D eigenvalue weighted by Gasteiger charge is -2.22. The second kappa shape index (κ2) is 5.36. The molecule has 6 heteroatoms. The summed E-state index contributed by atoms with van der Waals surface area (Å²) in [6, 6.07) is 8.86. The first-order valence-electron chi connectivity index (χ1n) is 5.59. The summed E-state index contributed by atoms with van der Waals surface area (Å²) in [7, 11) is -3.45. The summed E-state index contributed by atoms with van der Waals surface area (Å²) >= 11 is 0. The molecule has 100 valence electrons. The van der Waals surface area contributed by atoms with E-state index in [9.17, 15) is 12.8 Å². The Balaban J connectivity index is 2.35. The molecule has 4 nitrogen and oxygen atoms in total. The van der Waals surface area contributed by atoms with Crippen molar-refractivity contribution in [2.24, 2.45) is 0 Å². The molecular formula is C13H13FN2O2S. The number of pyridine rings is 1. The third-order valence-electron chi connectivity index (χ3n) is 2.56. The van der Waals surface area contributed by atoms with E-state index in [-0.39, 0.29) is 6.54 Å². The molecule has 2 rings (SSSR count). The van der Waals surface area contributed by atoms with Gasteiger partial charge in [0.05, 0.1) is 18.5 Å². The fourth-order valence-electron chi connectivity index (χ4n) is 1.66. The van der Waals surface area contributed by atoms with Crippen molar-refractivity contribution < 1.29 is 12.8 Å². The molecule has 0 amide bonds. The van der Waals surface area contributed by atoms with Crippen LogP contribution in [0.3, 0.4) is 0 Å². The van der Waals surface area contributed by atoms with Crippen LogP contribution in [0.5, 0.6) is 0 Å². The molecule has 0 radical (unpaired) electrons. The summed E-state index contributed by atoms with van der Waals surface area (Å²) in [4.78, 5) is 3.95. The molecule has 0 aliphatic carbocycles. The summed E-state index contributed by atoms with van der Waals surface area (Å²) in [5.41, 5.74) is 1.19. The normalized spacial score (nSPS) is 11.3. The molecule has 0 saturated heterocycles. The largest absolute Gasteiger partial charge is 0.266 e. The van der Waals surface area contributed by atoms with E-state index in [2.05, 4.69) is 4.98 Å². The van der Waals surface area contributed by atoms with Crippen molar-refractivity contribution in [2.75, 3.05) is 10.6 Å². The van der Waals surface area contributed by atoms with Crippen LogP contribution in [0.4, 0.5) is 10.1 Å². The SMILES string of the molecule is CS(=O)(=O)N(Cc1cccnc1)c1ccc(F)cc1. The van der Waals surface area contributed by atoms with Crippen LogP contribution in [0.25, 0.3) is 0 Å². The molecule has 1 aromatic heterocycles. The van der Waals surface area contributed by atoms with Crippen molar-refractivity contribution in [3.63, 3.8) is 0 Å². The van der Waals surface area contributed by atoms with E-state index in [0.29, 0.717) is 5.69 Å². The van der Waals surface area contributed by atoms with Crippen LogP contribution in [-0.4, -0.2) is 19.7 Å². The van der Waals surface area contributed by atoms with Gasteiger partial charge in [-0.3, -0.25) is 9.29 Å². The van der Waals surface area contributed by atoms with Gasteiger partial charge in [-0.1, -0.05) is 6.07 Å². The van der Waals surface area contributed by atoms with Crippen LogP contribution in [0.15, 0.2) is 48.8 Å². The Morgan fingerprint density at radius 1 is 1.21 bits per heavy atom. The second-order valence-corrected chi connectivity index (χ2v) is 6.01. The van der Waals surface area contributed by atoms with E-state index < -0.39 is 15.8 Å². The van der Waals surface area contributed by atoms with Crippen LogP contribution in [-0.2, 0) is 16.6 Å². The molecule has 0 spiro atoms. The van der Waals surface area contributed by atoms with E-state index in [4.69, 9.17) is 0 Å². The molecule has 0 saturated carbocycles. The summed E-state index contributed by atoms with van der Waals surface area (Å²) in [6.07, 6.45) is 4.33. The molecule has 0 N–H and O–H groups in total. The standard InChI is InChI=1S/C13H13FN2O2S/c1-19(17,18)16(10-11-3-2-8-15-9-11)13-6-4-12(14)5-7-13/h2-9H,10H2,1H3. The van der Waals surface area contributed by atoms with E-state index in [1.165, 1.54) is 28.6 Å². The Hall–Kier alpha value is -1.95. The van der Waals surface area contributed by atoms with Gasteiger partial charge in [-0.2, -0.15) is 0 Å². The van der Waals surface area contributed by atoms with E-state index >= 15 is 0 Å². The van der Waals surface area contributed by atoms with Crippen molar-refractivity contribution in [3.8, 4) is 0 Å². The van der Waals surface area contributed by atoms with Gasteiger partial charge in [0.25, 0.3) is 0 Å². The number of sulfonamides is 1. The molecule has 0 unspecified atom stereocenters. The number of anilines is 1. The molecule has 0 aliphatic heterocycles. The monoisotopic (exact) mass is 280 g/mol. The average Bonchev–Trinajstić information content (AvgIpc) is 2.37. The highest BCUT2D eigenvalue weighted by Crippen LogP contribution is 2.20. The predicted octanol–water partition coefficient (Wildman–Crippen LogP) is 2.19. The molecule has 2 aromatic rings. The number of rotatable bonds is 4. The maximum Gasteiger partial charge on any atom is 0.232 e. The van der Waals surface area contributed by atoms with E-state index in [1.54, 1.807) is 24.5 Å². The highest BCUT2D eigenvalue weighted by atomic mass is 32.2. The number of nitrogens with zero attached hydrogens (tertiary/aromatic N) is 2. The zero-order valence-electron chi connectivity index (χ0n) is 10.3. The van der Waals surface area contributed by atoms with Gasteiger partial charge < -0.3 is 0 Å². The Kier molecular flexibility index (Phi) is 3.80. The third kappa shape index (κ3) is 3.51. The summed E-state index contributed by atoms with van der Waals surface area (Å²) in [6.45, 7) is 0.165. The maximum atomic E-state index is 12.9. The number of hydrogen-bond acceptors (Lipinski definition) is 3. The lowest BCUT2D eigenvalue weighted by molar-refractivity contribution is 0.596. The molecular weight excluding hydrogens is 267 g/mol. The Bertz CT molecular complexity index is 642. The number of hydrogen-bond donors (Lipinski definition) is 0. The first kappa shape index (κ1) is 13.5. The molecule has 1 heterocycles. The fourth-order valence-corrected chi connectivity index (χ4v) is 2.55. The Morgan fingerprint density at radius 2 is 1.89 bits per heavy atom. The van der Waals surface area contributed by atoms with Crippen LogP contribution in [0.1, 0.15) is 5.56 Å². The van der Waals surface area contributed by atoms with Gasteiger partial charge in [-0.05, 0) is 35.9 Å². The van der Waals surface area contributed by atoms with Gasteiger partial charge in [0.15, 0.2) is 0 Å². The van der Waals surface area contributed by atoms with E-state index in [0.717, 1.165) is 11.8 Å². The topological polar surface area (TPSA) is 50.3 Å². The van der Waals surface area contributed by atoms with Gasteiger partial charge in [0.1, 0.15) is 5.82 Å². The third-order valence-corrected chi connectivity index (χ3v) is 3.70. The van der Waals surface area contributed by atoms with Crippen molar-refractivity contribution in [3.05, 3.63) is 60.2 Å². The van der Waals surface area contributed by atoms with Crippen molar-refractivity contribution >= 4 is 15.7 Å². The quantitative estimate of drug-likeness (QED) is 0.862. The summed E-state index contributed by atoms with van der Waals surface area (Å²) in [5.74, 6) is -0.404. The lowest BCUT2D eigenvalue weighted by Crippen LogP contribution is -2.29. The van der Waals surface area contributed by atoms with Gasteiger partial charge in [-0.25, -0.2) is 12.8 Å². The minimum absolute atomic E-state index is 0.165. The van der Waals surface area contributed by atoms with Crippen LogP contribution >= 0.6 is 0 Å². The Labute approximate surface area is 111 Å². The summed E-state index contributed by atoms with van der Waals surface area (Å²) < 4.78 is 37.8. The predicted molar refractivity (Wildman–Crippen MR) is 71.7 cm³/mol. The molecule has 19 heavy (non-hydrogen) atoms. The zero-order valence-corrected chi connectivity index (χ0v) is 11.1. The minimum Gasteiger partial charge on any atom is -0.266 e. The lowest BCUT2D eigenvalue weighted by atomic mass is 10.2. The fraction of sp³-hybridized carbons (Fsp3) is 0.154. The molecule has 0 fully saturated rings. The Morgan fingerprint density at radius 3 is 2.42 bits per heavy atom. The van der Waals surface area contributed by atoms with Gasteiger partial charge in [0.2, 0.25) is 10.0 Å². The second-order valence-electron chi connectivity index (χ2n) is 4.11. The van der Waals surface area contributed by atoms with Crippen LogP contribution < -0.4 is 4.31 Å². The highest BCUT2D eigenvalue weighted by molar-refractivity contribution is 7.92. The zero-order chi connectivity index (χ0) is 13.9. The first-order chi connectivity index (χ1) is 8.97. The average molecular weight is 280 g/mol. The van der Waals surface area contributed by atoms with Crippen molar-refractivity contribution in [1.29, 1.82) is 0 Å². The number of benzene rings is 1. The first-order valence-corrected chi connectivity index (χ1v) is 7.44. The number of aromatic nitrogens is 1. The van der Waals surface area contributed by atoms with Crippen LogP contribution in [0, 0.1) is 5.82 Å². The summed E-state index contributed by atoms with van der Waals surface area (Å²) in [5, 5.41) is 0. The molecule has 0 atom stereocenters.